The largest absolute Gasteiger partial charge is 0.392 e. The molecule has 6 heteroatoms. The highest BCUT2D eigenvalue weighted by Crippen LogP contribution is 2.24. The predicted molar refractivity (Wildman–Crippen MR) is 43.3 cm³/mol. The first-order valence-corrected chi connectivity index (χ1v) is 4.91. The lowest BCUT2D eigenvalue weighted by molar-refractivity contribution is 0.0543. The fourth-order valence-corrected chi connectivity index (χ4v) is 1.64. The van der Waals surface area contributed by atoms with Crippen LogP contribution in [-0.2, 0) is 10.1 Å². The third-order valence-electron chi connectivity index (χ3n) is 2.21. The van der Waals surface area contributed by atoms with Crippen LogP contribution < -0.4 is 0 Å². The Balaban J connectivity index is 5.18. The monoisotopic (exact) mass is 198 g/mol. The molecule has 2 atom stereocenters. The maximum absolute atomic E-state index is 10.8. The van der Waals surface area contributed by atoms with Crippen LogP contribution in [0.2, 0.25) is 0 Å². The predicted octanol–water partition coefficient (Wildman–Crippen LogP) is -0.605. The molecule has 0 saturated heterocycles. The van der Waals surface area contributed by atoms with Crippen LogP contribution >= 0.6 is 0 Å². The maximum Gasteiger partial charge on any atom is 0.275 e. The highest BCUT2D eigenvalue weighted by atomic mass is 32.2. The van der Waals surface area contributed by atoms with Gasteiger partial charge in [-0.1, -0.05) is 0 Å². The van der Waals surface area contributed by atoms with Crippen LogP contribution in [0.25, 0.3) is 0 Å². The molecule has 0 aromatic carbocycles. The summed E-state index contributed by atoms with van der Waals surface area (Å²) in [5, 5.41) is 18.2. The van der Waals surface area contributed by atoms with Crippen LogP contribution in [0.3, 0.4) is 0 Å². The van der Waals surface area contributed by atoms with Gasteiger partial charge in [-0.15, -0.1) is 0 Å². The Bertz CT molecular complexity index is 233. The minimum Gasteiger partial charge on any atom is -0.392 e. The van der Waals surface area contributed by atoms with E-state index < -0.39 is 27.1 Å². The zero-order chi connectivity index (χ0) is 10.2. The van der Waals surface area contributed by atoms with Crippen molar-refractivity contribution >= 4 is 10.1 Å². The molecular weight excluding hydrogens is 184 g/mol. The molecule has 12 heavy (non-hydrogen) atoms. The third-order valence-corrected chi connectivity index (χ3v) is 4.01. The highest BCUT2D eigenvalue weighted by Gasteiger charge is 2.47. The number of hydrogen-bond donors (Lipinski definition) is 3. The molecule has 0 aromatic rings. The second-order valence-electron chi connectivity index (χ2n) is 3.01. The number of aliphatic hydroxyl groups is 2. The van der Waals surface area contributed by atoms with Gasteiger partial charge < -0.3 is 10.2 Å². The summed E-state index contributed by atoms with van der Waals surface area (Å²) in [5.41, 5.74) is 0. The first-order valence-electron chi connectivity index (χ1n) is 3.47. The standard InChI is InChI=1S/C6H14O5S/c1-4(7)6(3,5(2)8)12(9,10)11/h4-5,7-8H,1-3H3,(H,9,10,11). The molecule has 5 nitrogen and oxygen atoms in total. The van der Waals surface area contributed by atoms with Gasteiger partial charge >= 0.3 is 0 Å². The lowest BCUT2D eigenvalue weighted by Gasteiger charge is -2.31. The van der Waals surface area contributed by atoms with E-state index in [9.17, 15) is 8.42 Å². The summed E-state index contributed by atoms with van der Waals surface area (Å²) >= 11 is 0. The zero-order valence-corrected chi connectivity index (χ0v) is 8.04. The molecule has 0 aliphatic carbocycles. The van der Waals surface area contributed by atoms with Crippen LogP contribution in [0.4, 0.5) is 0 Å². The zero-order valence-electron chi connectivity index (χ0n) is 7.22. The lowest BCUT2D eigenvalue weighted by atomic mass is 9.99. The van der Waals surface area contributed by atoms with E-state index in [1.165, 1.54) is 13.8 Å². The molecule has 0 fully saturated rings. The summed E-state index contributed by atoms with van der Waals surface area (Å²) in [6.45, 7) is 3.47. The van der Waals surface area contributed by atoms with Crippen molar-refractivity contribution in [2.75, 3.05) is 0 Å². The van der Waals surface area contributed by atoms with Crippen molar-refractivity contribution in [1.82, 2.24) is 0 Å². The Morgan fingerprint density at radius 3 is 1.42 bits per heavy atom. The average molecular weight is 198 g/mol. The van der Waals surface area contributed by atoms with Gasteiger partial charge in [0.05, 0.1) is 12.2 Å². The quantitative estimate of drug-likeness (QED) is 0.526. The van der Waals surface area contributed by atoms with Crippen molar-refractivity contribution in [3.63, 3.8) is 0 Å². The maximum atomic E-state index is 10.8. The first kappa shape index (κ1) is 11.8. The van der Waals surface area contributed by atoms with E-state index in [2.05, 4.69) is 0 Å². The van der Waals surface area contributed by atoms with Gasteiger partial charge in [0.2, 0.25) is 0 Å². The second kappa shape index (κ2) is 3.29. The molecular formula is C6H14O5S. The molecule has 0 radical (unpaired) electrons. The van der Waals surface area contributed by atoms with Crippen LogP contribution in [0.1, 0.15) is 20.8 Å². The topological polar surface area (TPSA) is 94.8 Å². The molecule has 0 aliphatic heterocycles. The van der Waals surface area contributed by atoms with Crippen molar-refractivity contribution in [3.8, 4) is 0 Å². The van der Waals surface area contributed by atoms with Crippen LogP contribution in [0.5, 0.6) is 0 Å². The Hall–Kier alpha value is -0.170. The Kier molecular flexibility index (Phi) is 3.25. The third kappa shape index (κ3) is 1.77. The van der Waals surface area contributed by atoms with E-state index in [0.29, 0.717) is 0 Å². The van der Waals surface area contributed by atoms with Crippen molar-refractivity contribution in [2.24, 2.45) is 0 Å². The lowest BCUT2D eigenvalue weighted by Crippen LogP contribution is -2.53. The van der Waals surface area contributed by atoms with Crippen LogP contribution in [0, 0.1) is 0 Å². The van der Waals surface area contributed by atoms with Gasteiger partial charge in [0, 0.05) is 0 Å². The Morgan fingerprint density at radius 2 is 1.42 bits per heavy atom. The van der Waals surface area contributed by atoms with Crippen LogP contribution in [0.15, 0.2) is 0 Å². The normalized spacial score (nSPS) is 22.8. The summed E-state index contributed by atoms with van der Waals surface area (Å²) in [7, 11) is -4.46. The molecule has 0 rings (SSSR count). The minimum atomic E-state index is -4.46. The van der Waals surface area contributed by atoms with Crippen LogP contribution in [-0.4, -0.2) is 40.1 Å². The summed E-state index contributed by atoms with van der Waals surface area (Å²) < 4.78 is 28.3. The molecule has 3 N–H and O–H groups in total. The molecule has 0 bridgehead atoms. The van der Waals surface area contributed by atoms with Crippen molar-refractivity contribution < 1.29 is 23.2 Å². The first-order chi connectivity index (χ1) is 5.14. The number of hydrogen-bond acceptors (Lipinski definition) is 4. The Morgan fingerprint density at radius 1 is 1.17 bits per heavy atom. The van der Waals surface area contributed by atoms with E-state index in [4.69, 9.17) is 14.8 Å². The summed E-state index contributed by atoms with van der Waals surface area (Å²) in [6, 6.07) is 0. The molecule has 0 aromatic heterocycles. The Labute approximate surface area is 71.8 Å². The fourth-order valence-electron chi connectivity index (χ4n) is 0.780. The van der Waals surface area contributed by atoms with Gasteiger partial charge in [-0.2, -0.15) is 8.42 Å². The second-order valence-corrected chi connectivity index (χ2v) is 4.84. The summed E-state index contributed by atoms with van der Waals surface area (Å²) in [6.07, 6.45) is -2.68. The van der Waals surface area contributed by atoms with Crippen molar-refractivity contribution in [3.05, 3.63) is 0 Å². The van der Waals surface area contributed by atoms with E-state index in [1.54, 1.807) is 0 Å². The molecule has 2 unspecified atom stereocenters. The average Bonchev–Trinajstić information content (AvgIpc) is 1.82. The number of aliphatic hydroxyl groups excluding tert-OH is 2. The smallest absolute Gasteiger partial charge is 0.275 e. The molecule has 0 amide bonds. The summed E-state index contributed by atoms with van der Waals surface area (Å²) in [4.78, 5) is 0. The molecule has 0 saturated carbocycles. The molecule has 0 spiro atoms. The van der Waals surface area contributed by atoms with Gasteiger partial charge in [0.1, 0.15) is 4.75 Å². The summed E-state index contributed by atoms with van der Waals surface area (Å²) in [5.74, 6) is 0. The van der Waals surface area contributed by atoms with Gasteiger partial charge in [-0.25, -0.2) is 0 Å². The number of rotatable bonds is 3. The van der Waals surface area contributed by atoms with Crippen molar-refractivity contribution in [2.45, 2.75) is 37.7 Å². The van der Waals surface area contributed by atoms with Gasteiger partial charge in [0.15, 0.2) is 0 Å². The molecule has 0 aliphatic rings. The van der Waals surface area contributed by atoms with E-state index in [0.717, 1.165) is 6.92 Å². The molecule has 74 valence electrons. The van der Waals surface area contributed by atoms with E-state index in [-0.39, 0.29) is 0 Å². The van der Waals surface area contributed by atoms with Gasteiger partial charge in [-0.3, -0.25) is 4.55 Å². The van der Waals surface area contributed by atoms with Gasteiger partial charge in [0.25, 0.3) is 10.1 Å². The SMILES string of the molecule is CC(O)C(C)(C(C)O)S(=O)(=O)O. The van der Waals surface area contributed by atoms with Gasteiger partial charge in [-0.05, 0) is 20.8 Å². The fraction of sp³-hybridized carbons (Fsp3) is 1.00. The van der Waals surface area contributed by atoms with Crippen molar-refractivity contribution in [1.29, 1.82) is 0 Å². The van der Waals surface area contributed by atoms with E-state index >= 15 is 0 Å². The molecule has 0 heterocycles. The van der Waals surface area contributed by atoms with E-state index in [1.807, 2.05) is 0 Å². The minimum absolute atomic E-state index is 1.08. The highest BCUT2D eigenvalue weighted by molar-refractivity contribution is 7.87.